The summed E-state index contributed by atoms with van der Waals surface area (Å²) in [7, 11) is 0. The van der Waals surface area contributed by atoms with Gasteiger partial charge in [-0.25, -0.2) is 0 Å². The van der Waals surface area contributed by atoms with Gasteiger partial charge in [0.25, 0.3) is 0 Å². The van der Waals surface area contributed by atoms with Gasteiger partial charge < -0.3 is 0 Å². The van der Waals surface area contributed by atoms with E-state index in [0.717, 1.165) is 30.6 Å². The number of carbonyl (C=O) groups excluding carboxylic acids is 1. The Morgan fingerprint density at radius 1 is 1.28 bits per heavy atom. The fourth-order valence-electron chi connectivity index (χ4n) is 2.69. The minimum atomic E-state index is 0. The van der Waals surface area contributed by atoms with E-state index >= 15 is 0 Å². The summed E-state index contributed by atoms with van der Waals surface area (Å²) in [6, 6.07) is 8.00. The van der Waals surface area contributed by atoms with Crippen molar-refractivity contribution >= 4 is 18.2 Å². The number of benzene rings is 1. The van der Waals surface area contributed by atoms with Crippen LogP contribution in [0.4, 0.5) is 0 Å². The summed E-state index contributed by atoms with van der Waals surface area (Å²) < 4.78 is 0. The van der Waals surface area contributed by atoms with E-state index in [1.165, 1.54) is 12.8 Å². The molecule has 2 rings (SSSR count). The van der Waals surface area contributed by atoms with Crippen LogP contribution in [0.15, 0.2) is 24.3 Å². The summed E-state index contributed by atoms with van der Waals surface area (Å²) in [5, 5.41) is 0. The van der Waals surface area contributed by atoms with Crippen molar-refractivity contribution in [1.29, 1.82) is 0 Å². The Balaban J connectivity index is 0.00000162. The molecule has 0 bridgehead atoms. The van der Waals surface area contributed by atoms with Crippen LogP contribution in [0.3, 0.4) is 0 Å². The van der Waals surface area contributed by atoms with Gasteiger partial charge >= 0.3 is 0 Å². The van der Waals surface area contributed by atoms with E-state index in [1.807, 2.05) is 31.2 Å². The van der Waals surface area contributed by atoms with Gasteiger partial charge in [-0.1, -0.05) is 31.2 Å². The van der Waals surface area contributed by atoms with E-state index < -0.39 is 0 Å². The first-order valence-corrected chi connectivity index (χ1v) is 6.58. The second-order valence-corrected chi connectivity index (χ2v) is 4.85. The number of aryl methyl sites for hydroxylation is 1. The first kappa shape index (κ1) is 15.2. The van der Waals surface area contributed by atoms with Crippen molar-refractivity contribution in [3.8, 4) is 0 Å². The maximum atomic E-state index is 12.5. The number of Topliss-reactive ketones (excluding diaryl/α,β-unsaturated/α-hetero) is 1. The van der Waals surface area contributed by atoms with Gasteiger partial charge in [0.05, 0.1) is 6.04 Å². The van der Waals surface area contributed by atoms with Crippen LogP contribution in [0, 0.1) is 6.92 Å². The van der Waals surface area contributed by atoms with E-state index in [-0.39, 0.29) is 18.4 Å². The normalized spacial score (nSPS) is 17.2. The van der Waals surface area contributed by atoms with Crippen molar-refractivity contribution in [2.24, 2.45) is 0 Å². The molecule has 0 spiro atoms. The quantitative estimate of drug-likeness (QED) is 0.779. The van der Waals surface area contributed by atoms with E-state index in [0.29, 0.717) is 5.78 Å². The highest BCUT2D eigenvalue weighted by molar-refractivity contribution is 6.01. The van der Waals surface area contributed by atoms with Gasteiger partial charge in [-0.15, -0.1) is 12.4 Å². The van der Waals surface area contributed by atoms with Crippen molar-refractivity contribution in [2.75, 3.05) is 13.1 Å². The predicted molar refractivity (Wildman–Crippen MR) is 77.6 cm³/mol. The zero-order valence-corrected chi connectivity index (χ0v) is 12.0. The Morgan fingerprint density at radius 2 is 1.89 bits per heavy atom. The highest BCUT2D eigenvalue weighted by atomic mass is 35.5. The van der Waals surface area contributed by atoms with Crippen LogP contribution in [0.2, 0.25) is 0 Å². The van der Waals surface area contributed by atoms with Crippen LogP contribution < -0.4 is 0 Å². The fourth-order valence-corrected chi connectivity index (χ4v) is 2.69. The number of hydrogen-bond donors (Lipinski definition) is 0. The predicted octanol–water partition coefficient (Wildman–Crippen LogP) is 3.47. The lowest BCUT2D eigenvalue weighted by molar-refractivity contribution is 0.0843. The van der Waals surface area contributed by atoms with Crippen LogP contribution in [-0.2, 0) is 0 Å². The van der Waals surface area contributed by atoms with Crippen molar-refractivity contribution < 1.29 is 4.79 Å². The molecule has 0 aromatic heterocycles. The number of nitrogens with zero attached hydrogens (tertiary/aromatic N) is 1. The molecule has 0 aliphatic carbocycles. The molecule has 0 amide bonds. The maximum Gasteiger partial charge on any atom is 0.180 e. The largest absolute Gasteiger partial charge is 0.293 e. The molecule has 0 N–H and O–H groups in total. The summed E-state index contributed by atoms with van der Waals surface area (Å²) in [5.74, 6) is 0.299. The molecule has 1 heterocycles. The zero-order chi connectivity index (χ0) is 12.3. The van der Waals surface area contributed by atoms with Crippen LogP contribution in [0.1, 0.15) is 42.1 Å². The lowest BCUT2D eigenvalue weighted by Crippen LogP contribution is -2.39. The van der Waals surface area contributed by atoms with Gasteiger partial charge in [-0.05, 0) is 44.8 Å². The average Bonchev–Trinajstić information content (AvgIpc) is 2.84. The van der Waals surface area contributed by atoms with Crippen molar-refractivity contribution in [3.63, 3.8) is 0 Å². The van der Waals surface area contributed by atoms with E-state index in [1.54, 1.807) is 0 Å². The Morgan fingerprint density at radius 3 is 2.44 bits per heavy atom. The standard InChI is InChI=1S/C15H21NO.ClH/c1-3-14(16-10-6-7-11-16)15(17)13-9-5-4-8-12(13)2;/h4-5,8-9,14H,3,6-7,10-11H2,1-2H3;1H. The van der Waals surface area contributed by atoms with E-state index in [2.05, 4.69) is 11.8 Å². The third-order valence-electron chi connectivity index (χ3n) is 3.68. The number of halogens is 1. The molecule has 2 nitrogen and oxygen atoms in total. The smallest absolute Gasteiger partial charge is 0.180 e. The molecule has 1 unspecified atom stereocenters. The number of hydrogen-bond acceptors (Lipinski definition) is 2. The zero-order valence-electron chi connectivity index (χ0n) is 11.2. The minimum absolute atomic E-state index is 0. The average molecular weight is 268 g/mol. The number of ketones is 1. The Kier molecular flexibility index (Phi) is 5.83. The maximum absolute atomic E-state index is 12.5. The number of carbonyl (C=O) groups is 1. The second kappa shape index (κ2) is 6.91. The Bertz CT molecular complexity index is 399. The molecule has 3 heteroatoms. The molecule has 0 saturated carbocycles. The SMILES string of the molecule is CCC(C(=O)c1ccccc1C)N1CCCC1.Cl. The molecule has 1 atom stereocenters. The van der Waals surface area contributed by atoms with Gasteiger partial charge in [-0.3, -0.25) is 9.69 Å². The first-order valence-electron chi connectivity index (χ1n) is 6.58. The molecule has 18 heavy (non-hydrogen) atoms. The molecule has 1 aliphatic heterocycles. The Labute approximate surface area is 116 Å². The minimum Gasteiger partial charge on any atom is -0.293 e. The van der Waals surface area contributed by atoms with E-state index in [9.17, 15) is 4.79 Å². The third kappa shape index (κ3) is 3.12. The molecule has 1 aromatic carbocycles. The number of likely N-dealkylation sites (tertiary alicyclic amines) is 1. The monoisotopic (exact) mass is 267 g/mol. The van der Waals surface area contributed by atoms with Crippen molar-refractivity contribution in [1.82, 2.24) is 4.90 Å². The molecule has 1 aromatic rings. The summed E-state index contributed by atoms with van der Waals surface area (Å²) in [6.45, 7) is 6.29. The molecule has 1 fully saturated rings. The highest BCUT2D eigenvalue weighted by Crippen LogP contribution is 2.19. The molecule has 1 aliphatic rings. The Hall–Kier alpha value is -0.860. The van der Waals surface area contributed by atoms with Crippen LogP contribution in [-0.4, -0.2) is 29.8 Å². The van der Waals surface area contributed by atoms with Crippen molar-refractivity contribution in [2.45, 2.75) is 39.2 Å². The number of rotatable bonds is 4. The lowest BCUT2D eigenvalue weighted by Gasteiger charge is -2.25. The molecular weight excluding hydrogens is 246 g/mol. The second-order valence-electron chi connectivity index (χ2n) is 4.85. The molecule has 1 saturated heterocycles. The fraction of sp³-hybridized carbons (Fsp3) is 0.533. The topological polar surface area (TPSA) is 20.3 Å². The van der Waals surface area contributed by atoms with Gasteiger partial charge in [0.15, 0.2) is 5.78 Å². The van der Waals surface area contributed by atoms with Gasteiger partial charge in [0, 0.05) is 5.56 Å². The summed E-state index contributed by atoms with van der Waals surface area (Å²) >= 11 is 0. The first-order chi connectivity index (χ1) is 8.24. The summed E-state index contributed by atoms with van der Waals surface area (Å²) in [6.07, 6.45) is 3.38. The summed E-state index contributed by atoms with van der Waals surface area (Å²) in [5.41, 5.74) is 1.99. The third-order valence-corrected chi connectivity index (χ3v) is 3.68. The molecule has 0 radical (unpaired) electrons. The van der Waals surface area contributed by atoms with Gasteiger partial charge in [0.1, 0.15) is 0 Å². The van der Waals surface area contributed by atoms with Crippen LogP contribution in [0.5, 0.6) is 0 Å². The summed E-state index contributed by atoms with van der Waals surface area (Å²) in [4.78, 5) is 14.9. The highest BCUT2D eigenvalue weighted by Gasteiger charge is 2.27. The van der Waals surface area contributed by atoms with Gasteiger partial charge in [-0.2, -0.15) is 0 Å². The molecular formula is C15H22ClNO. The van der Waals surface area contributed by atoms with E-state index in [4.69, 9.17) is 0 Å². The molecule has 100 valence electrons. The van der Waals surface area contributed by atoms with Crippen molar-refractivity contribution in [3.05, 3.63) is 35.4 Å². The lowest BCUT2D eigenvalue weighted by atomic mass is 9.97. The van der Waals surface area contributed by atoms with Gasteiger partial charge in [0.2, 0.25) is 0 Å². The van der Waals surface area contributed by atoms with Crippen LogP contribution >= 0.6 is 12.4 Å². The van der Waals surface area contributed by atoms with Crippen LogP contribution in [0.25, 0.3) is 0 Å².